The number of aromatic nitrogens is 2. The van der Waals surface area contributed by atoms with E-state index >= 15 is 0 Å². The van der Waals surface area contributed by atoms with E-state index in [0.29, 0.717) is 19.1 Å². The van der Waals surface area contributed by atoms with Gasteiger partial charge < -0.3 is 14.2 Å². The minimum atomic E-state index is -0.319. The van der Waals surface area contributed by atoms with Crippen molar-refractivity contribution in [2.45, 2.75) is 19.3 Å². The molecule has 0 unspecified atom stereocenters. The standard InChI is InChI=1S/C15H16N2O3/c1-11-7-8-14(17-16-11)20-13-9-18-15(19-10-13)12-5-3-2-4-6-12/h2-8,13,15H,9-10H2,1H3. The Morgan fingerprint density at radius 1 is 1.00 bits per heavy atom. The molecular formula is C15H16N2O3. The lowest BCUT2D eigenvalue weighted by atomic mass is 10.2. The normalized spacial score (nSPS) is 22.4. The highest BCUT2D eigenvalue weighted by atomic mass is 16.7. The highest BCUT2D eigenvalue weighted by Crippen LogP contribution is 2.23. The third-order valence-corrected chi connectivity index (χ3v) is 3.00. The van der Waals surface area contributed by atoms with Crippen LogP contribution in [0, 0.1) is 6.92 Å². The summed E-state index contributed by atoms with van der Waals surface area (Å²) >= 11 is 0. The first kappa shape index (κ1) is 13.0. The van der Waals surface area contributed by atoms with Gasteiger partial charge in [0.2, 0.25) is 5.88 Å². The molecular weight excluding hydrogens is 256 g/mol. The van der Waals surface area contributed by atoms with Crippen LogP contribution in [-0.2, 0) is 9.47 Å². The third-order valence-electron chi connectivity index (χ3n) is 3.00. The lowest BCUT2D eigenvalue weighted by Gasteiger charge is -2.29. The highest BCUT2D eigenvalue weighted by Gasteiger charge is 2.24. The molecule has 3 rings (SSSR count). The monoisotopic (exact) mass is 272 g/mol. The van der Waals surface area contributed by atoms with E-state index < -0.39 is 0 Å². The molecule has 2 heterocycles. The van der Waals surface area contributed by atoms with E-state index in [0.717, 1.165) is 11.3 Å². The molecule has 0 saturated carbocycles. The van der Waals surface area contributed by atoms with Gasteiger partial charge in [-0.05, 0) is 13.0 Å². The quantitative estimate of drug-likeness (QED) is 0.858. The average Bonchev–Trinajstić information content (AvgIpc) is 2.51. The van der Waals surface area contributed by atoms with Crippen molar-refractivity contribution in [2.24, 2.45) is 0 Å². The summed E-state index contributed by atoms with van der Waals surface area (Å²) in [5.74, 6) is 0.492. The zero-order chi connectivity index (χ0) is 13.8. The molecule has 20 heavy (non-hydrogen) atoms. The van der Waals surface area contributed by atoms with Gasteiger partial charge in [-0.2, -0.15) is 5.10 Å². The molecule has 1 aliphatic heterocycles. The predicted molar refractivity (Wildman–Crippen MR) is 72.3 cm³/mol. The maximum absolute atomic E-state index is 5.68. The summed E-state index contributed by atoms with van der Waals surface area (Å²) in [5.41, 5.74) is 1.87. The summed E-state index contributed by atoms with van der Waals surface area (Å²) in [6.45, 7) is 2.82. The second kappa shape index (κ2) is 5.98. The minimum absolute atomic E-state index is 0.160. The van der Waals surface area contributed by atoms with E-state index in [1.54, 1.807) is 6.07 Å². The van der Waals surface area contributed by atoms with Gasteiger partial charge in [-0.1, -0.05) is 30.3 Å². The van der Waals surface area contributed by atoms with Crippen LogP contribution in [0.1, 0.15) is 17.5 Å². The van der Waals surface area contributed by atoms with Crippen molar-refractivity contribution in [3.05, 3.63) is 53.7 Å². The maximum Gasteiger partial charge on any atom is 0.233 e. The SMILES string of the molecule is Cc1ccc(OC2COC(c3ccccc3)OC2)nn1. The van der Waals surface area contributed by atoms with E-state index in [9.17, 15) is 0 Å². The second-order valence-corrected chi connectivity index (χ2v) is 4.66. The van der Waals surface area contributed by atoms with Crippen LogP contribution in [0.25, 0.3) is 0 Å². The van der Waals surface area contributed by atoms with Crippen LogP contribution in [0.3, 0.4) is 0 Å². The van der Waals surface area contributed by atoms with E-state index in [1.807, 2.05) is 43.3 Å². The summed E-state index contributed by atoms with van der Waals surface area (Å²) in [6.07, 6.45) is -0.480. The molecule has 0 aliphatic carbocycles. The first-order valence-electron chi connectivity index (χ1n) is 6.56. The molecule has 1 fully saturated rings. The van der Waals surface area contributed by atoms with Crippen LogP contribution in [0.15, 0.2) is 42.5 Å². The maximum atomic E-state index is 5.68. The topological polar surface area (TPSA) is 53.5 Å². The van der Waals surface area contributed by atoms with Crippen molar-refractivity contribution in [1.29, 1.82) is 0 Å². The third kappa shape index (κ3) is 3.12. The zero-order valence-electron chi connectivity index (χ0n) is 11.2. The van der Waals surface area contributed by atoms with E-state index in [-0.39, 0.29) is 12.4 Å². The van der Waals surface area contributed by atoms with Gasteiger partial charge in [0.1, 0.15) is 6.10 Å². The number of benzene rings is 1. The summed E-state index contributed by atoms with van der Waals surface area (Å²) in [6, 6.07) is 13.5. The summed E-state index contributed by atoms with van der Waals surface area (Å²) in [7, 11) is 0. The van der Waals surface area contributed by atoms with Gasteiger partial charge in [0.25, 0.3) is 0 Å². The molecule has 104 valence electrons. The average molecular weight is 272 g/mol. The van der Waals surface area contributed by atoms with Crippen molar-refractivity contribution in [1.82, 2.24) is 10.2 Å². The summed E-state index contributed by atoms with van der Waals surface area (Å²) in [4.78, 5) is 0. The lowest BCUT2D eigenvalue weighted by Crippen LogP contribution is -2.35. The molecule has 2 aromatic rings. The van der Waals surface area contributed by atoms with Crippen molar-refractivity contribution >= 4 is 0 Å². The Labute approximate surface area is 117 Å². The molecule has 1 aliphatic rings. The van der Waals surface area contributed by atoms with Crippen molar-refractivity contribution in [2.75, 3.05) is 13.2 Å². The van der Waals surface area contributed by atoms with Crippen LogP contribution in [0.2, 0.25) is 0 Å². The van der Waals surface area contributed by atoms with Gasteiger partial charge in [0.05, 0.1) is 18.9 Å². The van der Waals surface area contributed by atoms with E-state index in [1.165, 1.54) is 0 Å². The van der Waals surface area contributed by atoms with Crippen LogP contribution in [0.5, 0.6) is 5.88 Å². The van der Waals surface area contributed by atoms with Gasteiger partial charge in [0, 0.05) is 11.6 Å². The van der Waals surface area contributed by atoms with Crippen LogP contribution < -0.4 is 4.74 Å². The Balaban J connectivity index is 1.55. The molecule has 1 aromatic carbocycles. The first-order chi connectivity index (χ1) is 9.81. The molecule has 1 aromatic heterocycles. The number of hydrogen-bond acceptors (Lipinski definition) is 5. The zero-order valence-corrected chi connectivity index (χ0v) is 11.2. The number of rotatable bonds is 3. The number of nitrogens with zero attached hydrogens (tertiary/aromatic N) is 2. The molecule has 0 spiro atoms. The molecule has 0 N–H and O–H groups in total. The van der Waals surface area contributed by atoms with Crippen LogP contribution in [0.4, 0.5) is 0 Å². The summed E-state index contributed by atoms with van der Waals surface area (Å²) in [5, 5.41) is 7.92. The fourth-order valence-corrected chi connectivity index (χ4v) is 1.98. The number of hydrogen-bond donors (Lipinski definition) is 0. The van der Waals surface area contributed by atoms with Crippen molar-refractivity contribution in [3.63, 3.8) is 0 Å². The first-order valence-corrected chi connectivity index (χ1v) is 6.56. The molecule has 1 saturated heterocycles. The van der Waals surface area contributed by atoms with E-state index in [4.69, 9.17) is 14.2 Å². The highest BCUT2D eigenvalue weighted by molar-refractivity contribution is 5.16. The minimum Gasteiger partial charge on any atom is -0.468 e. The molecule has 5 nitrogen and oxygen atoms in total. The van der Waals surface area contributed by atoms with E-state index in [2.05, 4.69) is 10.2 Å². The Bertz CT molecular complexity index is 537. The fraction of sp³-hybridized carbons (Fsp3) is 0.333. The van der Waals surface area contributed by atoms with Gasteiger partial charge in [-0.15, -0.1) is 5.10 Å². The molecule has 0 radical (unpaired) electrons. The molecule has 0 amide bonds. The van der Waals surface area contributed by atoms with Gasteiger partial charge in [-0.3, -0.25) is 0 Å². The number of ether oxygens (including phenoxy) is 3. The van der Waals surface area contributed by atoms with Crippen LogP contribution in [-0.4, -0.2) is 29.5 Å². The van der Waals surface area contributed by atoms with Gasteiger partial charge in [0.15, 0.2) is 6.29 Å². The van der Waals surface area contributed by atoms with Gasteiger partial charge in [-0.25, -0.2) is 0 Å². The Morgan fingerprint density at radius 2 is 1.75 bits per heavy atom. The van der Waals surface area contributed by atoms with Crippen LogP contribution >= 0.6 is 0 Å². The smallest absolute Gasteiger partial charge is 0.233 e. The lowest BCUT2D eigenvalue weighted by molar-refractivity contribution is -0.216. The second-order valence-electron chi connectivity index (χ2n) is 4.66. The Hall–Kier alpha value is -1.98. The summed E-state index contributed by atoms with van der Waals surface area (Å²) < 4.78 is 17.0. The Kier molecular flexibility index (Phi) is 3.90. The largest absolute Gasteiger partial charge is 0.468 e. The fourth-order valence-electron chi connectivity index (χ4n) is 1.98. The number of aryl methyl sites for hydroxylation is 1. The van der Waals surface area contributed by atoms with Crippen molar-refractivity contribution in [3.8, 4) is 5.88 Å². The predicted octanol–water partition coefficient (Wildman–Crippen LogP) is 2.28. The van der Waals surface area contributed by atoms with Gasteiger partial charge >= 0.3 is 0 Å². The molecule has 0 atom stereocenters. The Morgan fingerprint density at radius 3 is 2.40 bits per heavy atom. The molecule has 0 bridgehead atoms. The molecule has 5 heteroatoms. The van der Waals surface area contributed by atoms with Crippen molar-refractivity contribution < 1.29 is 14.2 Å².